The Bertz CT molecular complexity index is 973. The van der Waals surface area contributed by atoms with E-state index >= 15 is 0 Å². The van der Waals surface area contributed by atoms with Gasteiger partial charge in [-0.1, -0.05) is 19.1 Å². The number of anilines is 2. The minimum atomic E-state index is -3.68. The number of carbonyl (C=O) groups excluding carboxylic acids is 1. The molecule has 0 bridgehead atoms. The zero-order valence-electron chi connectivity index (χ0n) is 16.6. The molecular weight excluding hydrogens is 374 g/mol. The van der Waals surface area contributed by atoms with Gasteiger partial charge in [0.2, 0.25) is 0 Å². The first kappa shape index (κ1) is 20.2. The van der Waals surface area contributed by atoms with Crippen LogP contribution in [0, 0.1) is 6.92 Å². The van der Waals surface area contributed by atoms with Gasteiger partial charge in [-0.25, -0.2) is 13.2 Å². The molecule has 0 unspecified atom stereocenters. The summed E-state index contributed by atoms with van der Waals surface area (Å²) in [6.07, 6.45) is 1.52. The molecule has 0 saturated carbocycles. The lowest BCUT2D eigenvalue weighted by molar-refractivity contribution is 0.247. The average molecular weight is 402 g/mol. The summed E-state index contributed by atoms with van der Waals surface area (Å²) in [6, 6.07) is 12.4. The normalized spacial score (nSPS) is 13.3. The lowest BCUT2D eigenvalue weighted by atomic mass is 10.2. The van der Waals surface area contributed by atoms with Crippen LogP contribution in [-0.4, -0.2) is 34.1 Å². The predicted molar refractivity (Wildman–Crippen MR) is 113 cm³/mol. The van der Waals surface area contributed by atoms with E-state index in [1.165, 1.54) is 4.31 Å². The third-order valence-corrected chi connectivity index (χ3v) is 6.78. The van der Waals surface area contributed by atoms with Gasteiger partial charge in [0.25, 0.3) is 10.0 Å². The molecule has 7 heteroatoms. The van der Waals surface area contributed by atoms with Gasteiger partial charge in [0.15, 0.2) is 0 Å². The van der Waals surface area contributed by atoms with E-state index in [9.17, 15) is 13.2 Å². The second-order valence-electron chi connectivity index (χ2n) is 6.93. The van der Waals surface area contributed by atoms with Crippen LogP contribution in [0.1, 0.15) is 31.4 Å². The van der Waals surface area contributed by atoms with Crippen LogP contribution >= 0.6 is 0 Å². The molecule has 0 aliphatic carbocycles. The Kier molecular flexibility index (Phi) is 5.93. The number of rotatable bonds is 6. The van der Waals surface area contributed by atoms with Gasteiger partial charge in [-0.15, -0.1) is 0 Å². The number of nitrogens with one attached hydrogen (secondary N) is 1. The third-order valence-electron chi connectivity index (χ3n) is 4.88. The van der Waals surface area contributed by atoms with Gasteiger partial charge in [-0.05, 0) is 68.1 Å². The summed E-state index contributed by atoms with van der Waals surface area (Å²) in [5, 5.41) is 2.87. The molecule has 2 amide bonds. The summed E-state index contributed by atoms with van der Waals surface area (Å²) in [6.45, 7) is 7.30. The Morgan fingerprint density at radius 3 is 2.64 bits per heavy atom. The monoisotopic (exact) mass is 401 g/mol. The smallest absolute Gasteiger partial charge is 0.321 e. The number of fused-ring (bicyclic) bond motifs is 1. The number of nitrogens with zero attached hydrogens (tertiary/aromatic N) is 2. The van der Waals surface area contributed by atoms with Crippen LogP contribution in [0.5, 0.6) is 0 Å². The van der Waals surface area contributed by atoms with Crippen molar-refractivity contribution >= 4 is 27.4 Å². The molecule has 1 aliphatic rings. The lowest BCUT2D eigenvalue weighted by Crippen LogP contribution is -2.39. The SMILES string of the molecule is CCCNC(=O)N1CCc2cc(S(=O)(=O)N(CC)c3cccc(C)c3)ccc21. The number of amides is 2. The van der Waals surface area contributed by atoms with Gasteiger partial charge in [0.05, 0.1) is 10.6 Å². The predicted octanol–water partition coefficient (Wildman–Crippen LogP) is 3.69. The molecule has 0 radical (unpaired) electrons. The number of hydrogen-bond acceptors (Lipinski definition) is 3. The summed E-state index contributed by atoms with van der Waals surface area (Å²) >= 11 is 0. The standard InChI is InChI=1S/C21H27N3O3S/c1-4-12-22-21(25)23-13-11-17-15-19(9-10-20(17)23)28(26,27)24(5-2)18-8-6-7-16(3)14-18/h6-10,14-15H,4-5,11-13H2,1-3H3,(H,22,25). The lowest BCUT2D eigenvalue weighted by Gasteiger charge is -2.24. The van der Waals surface area contributed by atoms with Gasteiger partial charge in [0.1, 0.15) is 0 Å². The average Bonchev–Trinajstić information content (AvgIpc) is 3.10. The van der Waals surface area contributed by atoms with Crippen LogP contribution in [0.4, 0.5) is 16.2 Å². The molecular formula is C21H27N3O3S. The molecule has 1 aliphatic heterocycles. The van der Waals surface area contributed by atoms with Crippen LogP contribution in [0.2, 0.25) is 0 Å². The number of benzene rings is 2. The van der Waals surface area contributed by atoms with Crippen molar-refractivity contribution < 1.29 is 13.2 Å². The fraction of sp³-hybridized carbons (Fsp3) is 0.381. The van der Waals surface area contributed by atoms with Crippen LogP contribution in [0.3, 0.4) is 0 Å². The van der Waals surface area contributed by atoms with Gasteiger partial charge in [0, 0.05) is 25.3 Å². The molecule has 3 rings (SSSR count). The largest absolute Gasteiger partial charge is 0.338 e. The maximum Gasteiger partial charge on any atom is 0.321 e. The Morgan fingerprint density at radius 2 is 1.96 bits per heavy atom. The highest BCUT2D eigenvalue weighted by Crippen LogP contribution is 2.32. The minimum absolute atomic E-state index is 0.133. The van der Waals surface area contributed by atoms with E-state index in [1.807, 2.05) is 39.0 Å². The van der Waals surface area contributed by atoms with Crippen molar-refractivity contribution in [3.8, 4) is 0 Å². The molecule has 2 aromatic carbocycles. The summed E-state index contributed by atoms with van der Waals surface area (Å²) in [5.74, 6) is 0. The van der Waals surface area contributed by atoms with Crippen LogP contribution in [-0.2, 0) is 16.4 Å². The molecule has 0 saturated heterocycles. The van der Waals surface area contributed by atoms with Crippen molar-refractivity contribution in [1.29, 1.82) is 0 Å². The maximum absolute atomic E-state index is 13.3. The molecule has 0 fully saturated rings. The van der Waals surface area contributed by atoms with Crippen LogP contribution in [0.15, 0.2) is 47.4 Å². The van der Waals surface area contributed by atoms with Crippen molar-refractivity contribution in [3.05, 3.63) is 53.6 Å². The molecule has 0 spiro atoms. The Morgan fingerprint density at radius 1 is 1.18 bits per heavy atom. The first-order valence-electron chi connectivity index (χ1n) is 9.66. The molecule has 6 nitrogen and oxygen atoms in total. The van der Waals surface area contributed by atoms with E-state index in [-0.39, 0.29) is 10.9 Å². The molecule has 28 heavy (non-hydrogen) atoms. The highest BCUT2D eigenvalue weighted by atomic mass is 32.2. The van der Waals surface area contributed by atoms with Gasteiger partial charge in [-0.3, -0.25) is 9.21 Å². The van der Waals surface area contributed by atoms with E-state index in [1.54, 1.807) is 29.2 Å². The van der Waals surface area contributed by atoms with E-state index < -0.39 is 10.0 Å². The topological polar surface area (TPSA) is 69.7 Å². The first-order chi connectivity index (χ1) is 13.4. The van der Waals surface area contributed by atoms with Crippen molar-refractivity contribution in [1.82, 2.24) is 5.32 Å². The summed E-state index contributed by atoms with van der Waals surface area (Å²) in [4.78, 5) is 14.2. The summed E-state index contributed by atoms with van der Waals surface area (Å²) in [5.41, 5.74) is 3.33. The Hall–Kier alpha value is -2.54. The van der Waals surface area contributed by atoms with Gasteiger partial charge in [-0.2, -0.15) is 0 Å². The van der Waals surface area contributed by atoms with E-state index in [4.69, 9.17) is 0 Å². The molecule has 0 aromatic heterocycles. The molecule has 150 valence electrons. The van der Waals surface area contributed by atoms with E-state index in [0.717, 1.165) is 23.2 Å². The number of sulfonamides is 1. The molecule has 2 aromatic rings. The number of aryl methyl sites for hydroxylation is 1. The van der Waals surface area contributed by atoms with Crippen molar-refractivity contribution in [2.24, 2.45) is 0 Å². The Labute approximate surface area is 167 Å². The zero-order valence-corrected chi connectivity index (χ0v) is 17.4. The van der Waals surface area contributed by atoms with Gasteiger partial charge < -0.3 is 5.32 Å². The maximum atomic E-state index is 13.3. The van der Waals surface area contributed by atoms with Gasteiger partial charge >= 0.3 is 6.03 Å². The number of hydrogen-bond donors (Lipinski definition) is 1. The zero-order chi connectivity index (χ0) is 20.3. The quantitative estimate of drug-likeness (QED) is 0.802. The van der Waals surface area contributed by atoms with E-state index in [0.29, 0.717) is 31.7 Å². The molecule has 1 heterocycles. The Balaban J connectivity index is 1.91. The number of urea groups is 1. The molecule has 0 atom stereocenters. The van der Waals surface area contributed by atoms with E-state index in [2.05, 4.69) is 5.32 Å². The third kappa shape index (κ3) is 3.85. The second-order valence-corrected chi connectivity index (χ2v) is 8.80. The van der Waals surface area contributed by atoms with Crippen molar-refractivity contribution in [2.45, 2.75) is 38.5 Å². The summed E-state index contributed by atoms with van der Waals surface area (Å²) in [7, 11) is -3.68. The fourth-order valence-corrected chi connectivity index (χ4v) is 5.00. The first-order valence-corrected chi connectivity index (χ1v) is 11.1. The molecule has 1 N–H and O–H groups in total. The number of carbonyl (C=O) groups is 1. The van der Waals surface area contributed by atoms with Crippen molar-refractivity contribution in [3.63, 3.8) is 0 Å². The highest BCUT2D eigenvalue weighted by Gasteiger charge is 2.29. The minimum Gasteiger partial charge on any atom is -0.338 e. The van der Waals surface area contributed by atoms with Crippen LogP contribution < -0.4 is 14.5 Å². The van der Waals surface area contributed by atoms with Crippen LogP contribution in [0.25, 0.3) is 0 Å². The summed E-state index contributed by atoms with van der Waals surface area (Å²) < 4.78 is 27.9. The highest BCUT2D eigenvalue weighted by molar-refractivity contribution is 7.92. The van der Waals surface area contributed by atoms with Crippen molar-refractivity contribution in [2.75, 3.05) is 28.8 Å². The second kappa shape index (κ2) is 8.22. The fourth-order valence-electron chi connectivity index (χ4n) is 3.48.